The number of carbonyl (C=O) groups is 1. The van der Waals surface area contributed by atoms with E-state index in [1.54, 1.807) is 12.1 Å². The highest BCUT2D eigenvalue weighted by molar-refractivity contribution is 6.31. The smallest absolute Gasteiger partial charge is 0.255 e. The van der Waals surface area contributed by atoms with Crippen molar-refractivity contribution in [3.05, 3.63) is 52.8 Å². The molecular weight excluding hydrogens is 307 g/mol. The van der Waals surface area contributed by atoms with Crippen molar-refractivity contribution in [1.82, 2.24) is 0 Å². The van der Waals surface area contributed by atoms with Crippen LogP contribution < -0.4 is 15.8 Å². The van der Waals surface area contributed by atoms with Crippen molar-refractivity contribution in [1.29, 1.82) is 0 Å². The number of benzene rings is 2. The maximum atomic E-state index is 13.1. The van der Waals surface area contributed by atoms with E-state index in [1.165, 1.54) is 24.3 Å². The lowest BCUT2D eigenvalue weighted by atomic mass is 10.1. The van der Waals surface area contributed by atoms with E-state index >= 15 is 0 Å². The summed E-state index contributed by atoms with van der Waals surface area (Å²) in [4.78, 5) is 12.1. The molecule has 0 heterocycles. The number of halogens is 2. The van der Waals surface area contributed by atoms with E-state index in [0.717, 1.165) is 6.42 Å². The van der Waals surface area contributed by atoms with Crippen LogP contribution in [0.1, 0.15) is 23.7 Å². The summed E-state index contributed by atoms with van der Waals surface area (Å²) in [5.41, 5.74) is 7.03. The van der Waals surface area contributed by atoms with Crippen molar-refractivity contribution < 1.29 is 13.9 Å². The first-order chi connectivity index (χ1) is 10.5. The van der Waals surface area contributed by atoms with Crippen molar-refractivity contribution >= 4 is 28.9 Å². The van der Waals surface area contributed by atoms with E-state index in [2.05, 4.69) is 5.32 Å². The van der Waals surface area contributed by atoms with Gasteiger partial charge in [0, 0.05) is 11.3 Å². The van der Waals surface area contributed by atoms with Crippen molar-refractivity contribution in [2.75, 3.05) is 17.7 Å². The van der Waals surface area contributed by atoms with Gasteiger partial charge in [-0.2, -0.15) is 0 Å². The average molecular weight is 323 g/mol. The maximum Gasteiger partial charge on any atom is 0.255 e. The summed E-state index contributed by atoms with van der Waals surface area (Å²) >= 11 is 5.67. The van der Waals surface area contributed by atoms with Crippen LogP contribution in [0.5, 0.6) is 5.75 Å². The van der Waals surface area contributed by atoms with Crippen LogP contribution >= 0.6 is 11.6 Å². The van der Waals surface area contributed by atoms with Crippen LogP contribution in [0.3, 0.4) is 0 Å². The Hall–Kier alpha value is -2.27. The number of nitrogen functional groups attached to an aromatic ring is 1. The second-order valence-electron chi connectivity index (χ2n) is 4.68. The fourth-order valence-corrected chi connectivity index (χ4v) is 1.99. The number of ether oxygens (including phenoxy) is 1. The molecule has 0 saturated heterocycles. The Balaban J connectivity index is 2.12. The fourth-order valence-electron chi connectivity index (χ4n) is 1.81. The normalized spacial score (nSPS) is 10.3. The molecule has 0 aliphatic rings. The van der Waals surface area contributed by atoms with Crippen LogP contribution in [0.2, 0.25) is 5.02 Å². The summed E-state index contributed by atoms with van der Waals surface area (Å²) in [6.45, 7) is 2.55. The van der Waals surface area contributed by atoms with Gasteiger partial charge in [-0.1, -0.05) is 18.5 Å². The molecule has 0 unspecified atom stereocenters. The topological polar surface area (TPSA) is 64.3 Å². The summed E-state index contributed by atoms with van der Waals surface area (Å²) in [6.07, 6.45) is 0.868. The Morgan fingerprint density at radius 1 is 1.32 bits per heavy atom. The van der Waals surface area contributed by atoms with E-state index in [9.17, 15) is 9.18 Å². The van der Waals surface area contributed by atoms with Gasteiger partial charge >= 0.3 is 0 Å². The second kappa shape index (κ2) is 7.13. The first-order valence-electron chi connectivity index (χ1n) is 6.80. The Kier molecular flexibility index (Phi) is 5.22. The summed E-state index contributed by atoms with van der Waals surface area (Å²) in [5, 5.41) is 2.57. The molecule has 2 rings (SSSR count). The van der Waals surface area contributed by atoms with E-state index in [-0.39, 0.29) is 10.9 Å². The predicted octanol–water partition coefficient (Wildman–Crippen LogP) is 4.10. The SMILES string of the molecule is CCCOc1ccc(C(=O)Nc2ccc(F)c(Cl)c2)cc1N. The zero-order valence-corrected chi connectivity index (χ0v) is 12.8. The summed E-state index contributed by atoms with van der Waals surface area (Å²) in [6, 6.07) is 8.76. The number of hydrogen-bond acceptors (Lipinski definition) is 3. The predicted molar refractivity (Wildman–Crippen MR) is 86.0 cm³/mol. The van der Waals surface area contributed by atoms with Crippen molar-refractivity contribution in [3.8, 4) is 5.75 Å². The second-order valence-corrected chi connectivity index (χ2v) is 5.09. The van der Waals surface area contributed by atoms with E-state index in [4.69, 9.17) is 22.1 Å². The average Bonchev–Trinajstić information content (AvgIpc) is 2.49. The summed E-state index contributed by atoms with van der Waals surface area (Å²) in [7, 11) is 0. The van der Waals surface area contributed by atoms with Crippen LogP contribution in [-0.4, -0.2) is 12.5 Å². The highest BCUT2D eigenvalue weighted by Gasteiger charge is 2.10. The molecule has 22 heavy (non-hydrogen) atoms. The van der Waals surface area contributed by atoms with Gasteiger partial charge in [-0.3, -0.25) is 4.79 Å². The third kappa shape index (κ3) is 3.89. The van der Waals surface area contributed by atoms with Crippen molar-refractivity contribution in [3.63, 3.8) is 0 Å². The molecule has 4 nitrogen and oxygen atoms in total. The van der Waals surface area contributed by atoms with Crippen LogP contribution in [0, 0.1) is 5.82 Å². The van der Waals surface area contributed by atoms with Gasteiger partial charge in [-0.15, -0.1) is 0 Å². The van der Waals surface area contributed by atoms with Gasteiger partial charge in [0.15, 0.2) is 0 Å². The third-order valence-electron chi connectivity index (χ3n) is 2.91. The van der Waals surface area contributed by atoms with Crippen molar-refractivity contribution in [2.45, 2.75) is 13.3 Å². The molecule has 0 fully saturated rings. The lowest BCUT2D eigenvalue weighted by Crippen LogP contribution is -2.12. The number of nitrogens with two attached hydrogens (primary N) is 1. The minimum Gasteiger partial charge on any atom is -0.491 e. The number of rotatable bonds is 5. The first-order valence-corrected chi connectivity index (χ1v) is 7.17. The Morgan fingerprint density at radius 3 is 2.73 bits per heavy atom. The van der Waals surface area contributed by atoms with Gasteiger partial charge < -0.3 is 15.8 Å². The number of nitrogens with one attached hydrogen (secondary N) is 1. The molecule has 2 aromatic carbocycles. The number of amides is 1. The van der Waals surface area contributed by atoms with Crippen LogP contribution in [0.15, 0.2) is 36.4 Å². The van der Waals surface area contributed by atoms with Crippen LogP contribution in [-0.2, 0) is 0 Å². The zero-order valence-electron chi connectivity index (χ0n) is 12.0. The summed E-state index contributed by atoms with van der Waals surface area (Å²) in [5.74, 6) is -0.360. The Morgan fingerprint density at radius 2 is 2.09 bits per heavy atom. The van der Waals surface area contributed by atoms with Gasteiger partial charge in [0.2, 0.25) is 0 Å². The lowest BCUT2D eigenvalue weighted by Gasteiger charge is -2.10. The highest BCUT2D eigenvalue weighted by Crippen LogP contribution is 2.24. The molecule has 0 bridgehead atoms. The van der Waals surface area contributed by atoms with Gasteiger partial charge in [-0.25, -0.2) is 4.39 Å². The molecular formula is C16H16ClFN2O2. The molecule has 0 aliphatic carbocycles. The molecule has 0 aliphatic heterocycles. The van der Waals surface area contributed by atoms with E-state index < -0.39 is 5.82 Å². The van der Waals surface area contributed by atoms with E-state index in [1.807, 2.05) is 6.92 Å². The molecule has 3 N–H and O–H groups in total. The summed E-state index contributed by atoms with van der Waals surface area (Å²) < 4.78 is 18.5. The molecule has 0 radical (unpaired) electrons. The Labute approximate surface area is 133 Å². The minimum atomic E-state index is -0.540. The monoisotopic (exact) mass is 322 g/mol. The quantitative estimate of drug-likeness (QED) is 0.814. The van der Waals surface area contributed by atoms with Crippen LogP contribution in [0.25, 0.3) is 0 Å². The van der Waals surface area contributed by atoms with Gasteiger partial charge in [0.25, 0.3) is 5.91 Å². The van der Waals surface area contributed by atoms with Gasteiger partial charge in [0.05, 0.1) is 17.3 Å². The fraction of sp³-hybridized carbons (Fsp3) is 0.188. The molecule has 6 heteroatoms. The Bertz CT molecular complexity index is 692. The third-order valence-corrected chi connectivity index (χ3v) is 3.20. The number of anilines is 2. The highest BCUT2D eigenvalue weighted by atomic mass is 35.5. The zero-order chi connectivity index (χ0) is 16.1. The molecule has 0 aromatic heterocycles. The van der Waals surface area contributed by atoms with Gasteiger partial charge in [0.1, 0.15) is 11.6 Å². The molecule has 0 atom stereocenters. The number of hydrogen-bond donors (Lipinski definition) is 2. The minimum absolute atomic E-state index is 0.0550. The molecule has 116 valence electrons. The standard InChI is InChI=1S/C16H16ClFN2O2/c1-2-7-22-15-6-3-10(8-14(15)19)16(21)20-11-4-5-13(18)12(17)9-11/h3-6,8-9H,2,7,19H2,1H3,(H,20,21). The number of carbonyl (C=O) groups excluding carboxylic acids is 1. The molecule has 0 spiro atoms. The largest absolute Gasteiger partial charge is 0.491 e. The maximum absolute atomic E-state index is 13.1. The van der Waals surface area contributed by atoms with Crippen LogP contribution in [0.4, 0.5) is 15.8 Å². The van der Waals surface area contributed by atoms with Crippen molar-refractivity contribution in [2.24, 2.45) is 0 Å². The first kappa shape index (κ1) is 16.1. The van der Waals surface area contributed by atoms with Gasteiger partial charge in [-0.05, 0) is 42.8 Å². The lowest BCUT2D eigenvalue weighted by molar-refractivity contribution is 0.102. The van der Waals surface area contributed by atoms with E-state index in [0.29, 0.717) is 29.3 Å². The molecule has 1 amide bonds. The molecule has 0 saturated carbocycles. The molecule has 2 aromatic rings.